The Balaban J connectivity index is 0.906. The fraction of sp³-hybridized carbons (Fsp3) is 0. The molecule has 0 fully saturated rings. The Hall–Kier alpha value is -8.52. The lowest BCUT2D eigenvalue weighted by molar-refractivity contribution is 1.30. The van der Waals surface area contributed by atoms with Crippen molar-refractivity contribution >= 4 is 83.1 Å². The van der Waals surface area contributed by atoms with Gasteiger partial charge in [0.2, 0.25) is 0 Å². The third-order valence-corrected chi connectivity index (χ3v) is 13.1. The van der Waals surface area contributed by atoms with E-state index in [1.165, 1.54) is 92.8 Å². The number of hydrogen-bond acceptors (Lipinski definition) is 1. The molecule has 12 rings (SSSR count). The molecule has 1 nitrogen and oxygen atoms in total. The summed E-state index contributed by atoms with van der Waals surface area (Å²) in [5.74, 6) is 0. The van der Waals surface area contributed by atoms with Gasteiger partial charge in [0.25, 0.3) is 0 Å². The standard InChI is InChI=1S/C64H43N/c1-2-20-50(21-3-1)65(62-31-15-19-46-17-5-7-24-54(46)62)51-41-38-49(39-42-51)64-60-28-12-10-26-58(60)63(59-27-11-13-29-61(59)64)48-36-33-44(34-37-48)32-35-47-40-43-57(55-25-9-8-23-53(47)55)56-30-14-18-45-16-4-6-22-52(45)56/h1-43H. The molecule has 12 aromatic rings. The lowest BCUT2D eigenvalue weighted by Gasteiger charge is -2.27. The predicted molar refractivity (Wildman–Crippen MR) is 280 cm³/mol. The molecule has 0 aromatic heterocycles. The minimum atomic E-state index is 1.11. The number of fused-ring (bicyclic) bond motifs is 5. The number of anilines is 3. The molecule has 0 unspecified atom stereocenters. The van der Waals surface area contributed by atoms with Gasteiger partial charge in [-0.15, -0.1) is 0 Å². The molecule has 65 heavy (non-hydrogen) atoms. The molecule has 0 bridgehead atoms. The van der Waals surface area contributed by atoms with E-state index in [1.54, 1.807) is 0 Å². The minimum Gasteiger partial charge on any atom is -0.310 e. The van der Waals surface area contributed by atoms with Gasteiger partial charge in [-0.05, 0) is 123 Å². The Bertz CT molecular complexity index is 3680. The Morgan fingerprint density at radius 2 is 0.708 bits per heavy atom. The van der Waals surface area contributed by atoms with Crippen LogP contribution in [-0.2, 0) is 0 Å². The Morgan fingerprint density at radius 3 is 1.34 bits per heavy atom. The summed E-state index contributed by atoms with van der Waals surface area (Å²) in [6.45, 7) is 0. The molecule has 0 heterocycles. The summed E-state index contributed by atoms with van der Waals surface area (Å²) in [5.41, 5.74) is 13.2. The Morgan fingerprint density at radius 1 is 0.262 bits per heavy atom. The first-order valence-corrected chi connectivity index (χ1v) is 22.4. The molecule has 0 aliphatic carbocycles. The summed E-state index contributed by atoms with van der Waals surface area (Å²) >= 11 is 0. The maximum Gasteiger partial charge on any atom is 0.0540 e. The van der Waals surface area contributed by atoms with Gasteiger partial charge in [-0.2, -0.15) is 0 Å². The van der Waals surface area contributed by atoms with Crippen LogP contribution in [0.3, 0.4) is 0 Å². The second kappa shape index (κ2) is 16.3. The van der Waals surface area contributed by atoms with E-state index in [4.69, 9.17) is 0 Å². The molecule has 0 amide bonds. The van der Waals surface area contributed by atoms with Gasteiger partial charge in [-0.1, -0.05) is 231 Å². The number of rotatable bonds is 8. The van der Waals surface area contributed by atoms with E-state index in [-0.39, 0.29) is 0 Å². The first kappa shape index (κ1) is 38.2. The van der Waals surface area contributed by atoms with Crippen molar-refractivity contribution in [1.29, 1.82) is 0 Å². The van der Waals surface area contributed by atoms with Crippen LogP contribution in [0.1, 0.15) is 11.1 Å². The SMILES string of the molecule is C(=Cc1ccc(-c2cccc3ccccc23)c2ccccc12)c1ccc(-c2c3ccccc3c(-c3ccc(N(c4ccccc4)c4cccc5ccccc45)cc3)c3ccccc23)cc1. The topological polar surface area (TPSA) is 3.24 Å². The highest BCUT2D eigenvalue weighted by molar-refractivity contribution is 6.21. The van der Waals surface area contributed by atoms with Crippen molar-refractivity contribution in [2.24, 2.45) is 0 Å². The zero-order valence-corrected chi connectivity index (χ0v) is 35.8. The largest absolute Gasteiger partial charge is 0.310 e. The van der Waals surface area contributed by atoms with Crippen LogP contribution in [0.4, 0.5) is 17.1 Å². The van der Waals surface area contributed by atoms with E-state index in [2.05, 4.69) is 266 Å². The molecule has 0 N–H and O–H groups in total. The third-order valence-electron chi connectivity index (χ3n) is 13.1. The van der Waals surface area contributed by atoms with Crippen molar-refractivity contribution in [3.8, 4) is 33.4 Å². The fourth-order valence-electron chi connectivity index (χ4n) is 10.0. The maximum absolute atomic E-state index is 2.37. The van der Waals surface area contributed by atoms with Gasteiger partial charge in [0.1, 0.15) is 0 Å². The normalized spacial score (nSPS) is 11.6. The number of hydrogen-bond donors (Lipinski definition) is 0. The Labute approximate surface area is 379 Å². The molecular weight excluding hydrogens is 783 g/mol. The summed E-state index contributed by atoms with van der Waals surface area (Å²) < 4.78 is 0. The van der Waals surface area contributed by atoms with Gasteiger partial charge in [-0.25, -0.2) is 0 Å². The second-order valence-corrected chi connectivity index (χ2v) is 16.8. The number of nitrogens with zero attached hydrogens (tertiary/aromatic N) is 1. The lowest BCUT2D eigenvalue weighted by Crippen LogP contribution is -2.10. The average molecular weight is 826 g/mol. The molecule has 304 valence electrons. The van der Waals surface area contributed by atoms with E-state index < -0.39 is 0 Å². The molecule has 1 heteroatoms. The van der Waals surface area contributed by atoms with Gasteiger partial charge in [0.15, 0.2) is 0 Å². The van der Waals surface area contributed by atoms with Crippen molar-refractivity contribution in [3.63, 3.8) is 0 Å². The van der Waals surface area contributed by atoms with Gasteiger partial charge >= 0.3 is 0 Å². The smallest absolute Gasteiger partial charge is 0.0540 e. The molecule has 0 aliphatic rings. The maximum atomic E-state index is 2.37. The molecule has 12 aromatic carbocycles. The predicted octanol–water partition coefficient (Wildman–Crippen LogP) is 18.1. The fourth-order valence-corrected chi connectivity index (χ4v) is 10.0. The van der Waals surface area contributed by atoms with Gasteiger partial charge < -0.3 is 4.90 Å². The third kappa shape index (κ3) is 6.82. The average Bonchev–Trinajstić information content (AvgIpc) is 3.38. The van der Waals surface area contributed by atoms with Crippen molar-refractivity contribution in [2.75, 3.05) is 4.90 Å². The summed E-state index contributed by atoms with van der Waals surface area (Å²) in [7, 11) is 0. The first-order valence-electron chi connectivity index (χ1n) is 22.4. The molecule has 0 saturated carbocycles. The second-order valence-electron chi connectivity index (χ2n) is 16.8. The highest BCUT2D eigenvalue weighted by atomic mass is 15.1. The highest BCUT2D eigenvalue weighted by Gasteiger charge is 2.19. The zero-order valence-electron chi connectivity index (χ0n) is 35.8. The van der Waals surface area contributed by atoms with E-state index in [0.717, 1.165) is 22.6 Å². The number of benzene rings is 12. The molecule has 0 radical (unpaired) electrons. The summed E-state index contributed by atoms with van der Waals surface area (Å²) in [6.07, 6.45) is 4.50. The van der Waals surface area contributed by atoms with Crippen LogP contribution >= 0.6 is 0 Å². The van der Waals surface area contributed by atoms with Crippen LogP contribution in [0.2, 0.25) is 0 Å². The summed E-state index contributed by atoms with van der Waals surface area (Å²) in [6, 6.07) is 90.5. The van der Waals surface area contributed by atoms with Crippen LogP contribution in [-0.4, -0.2) is 0 Å². The summed E-state index contributed by atoms with van der Waals surface area (Å²) in [4.78, 5) is 2.37. The highest BCUT2D eigenvalue weighted by Crippen LogP contribution is 2.45. The van der Waals surface area contributed by atoms with E-state index in [0.29, 0.717) is 0 Å². The number of para-hydroxylation sites is 1. The monoisotopic (exact) mass is 825 g/mol. The molecule has 0 saturated heterocycles. The van der Waals surface area contributed by atoms with Gasteiger partial charge in [0.05, 0.1) is 5.69 Å². The van der Waals surface area contributed by atoms with E-state index in [1.807, 2.05) is 0 Å². The Kier molecular flexibility index (Phi) is 9.58. The lowest BCUT2D eigenvalue weighted by atomic mass is 9.86. The molecule has 0 aliphatic heterocycles. The van der Waals surface area contributed by atoms with Crippen molar-refractivity contribution in [1.82, 2.24) is 0 Å². The van der Waals surface area contributed by atoms with Crippen LogP contribution in [0.5, 0.6) is 0 Å². The quantitative estimate of drug-likeness (QED) is 0.109. The van der Waals surface area contributed by atoms with Crippen molar-refractivity contribution in [3.05, 3.63) is 260 Å². The first-order chi connectivity index (χ1) is 32.3. The van der Waals surface area contributed by atoms with E-state index >= 15 is 0 Å². The molecule has 0 spiro atoms. The van der Waals surface area contributed by atoms with Crippen LogP contribution < -0.4 is 4.90 Å². The van der Waals surface area contributed by atoms with E-state index in [9.17, 15) is 0 Å². The van der Waals surface area contributed by atoms with Crippen LogP contribution in [0.15, 0.2) is 249 Å². The summed E-state index contributed by atoms with van der Waals surface area (Å²) in [5, 5.41) is 12.4. The van der Waals surface area contributed by atoms with Gasteiger partial charge in [-0.3, -0.25) is 0 Å². The van der Waals surface area contributed by atoms with Crippen LogP contribution in [0, 0.1) is 0 Å². The van der Waals surface area contributed by atoms with Gasteiger partial charge in [0, 0.05) is 16.8 Å². The molecular formula is C64H43N. The minimum absolute atomic E-state index is 1.11. The zero-order chi connectivity index (χ0) is 43.1. The van der Waals surface area contributed by atoms with Crippen molar-refractivity contribution in [2.45, 2.75) is 0 Å². The van der Waals surface area contributed by atoms with Crippen LogP contribution in [0.25, 0.3) is 99.4 Å². The molecule has 0 atom stereocenters. The van der Waals surface area contributed by atoms with Crippen molar-refractivity contribution < 1.29 is 0 Å².